The number of fused-ring (bicyclic) bond motifs is 1. The molecule has 0 bridgehead atoms. The van der Waals surface area contributed by atoms with E-state index in [2.05, 4.69) is 20.0 Å². The number of rotatable bonds is 4. The van der Waals surface area contributed by atoms with Crippen molar-refractivity contribution < 1.29 is 0 Å². The van der Waals surface area contributed by atoms with E-state index in [4.69, 9.17) is 11.6 Å². The van der Waals surface area contributed by atoms with Gasteiger partial charge in [-0.05, 0) is 19.2 Å². The topological polar surface area (TPSA) is 66.8 Å². The van der Waals surface area contributed by atoms with Crippen molar-refractivity contribution in [2.75, 3.05) is 7.05 Å². The largest absolute Gasteiger partial charge is 0.309 e. The number of hydrogen-bond acceptors (Lipinski definition) is 5. The molecule has 0 unspecified atom stereocenters. The SMILES string of the molecule is CN(Cc1nc2c(cnn2C)c(=O)[nH]1)Cc1ccc(Cl)s1. The number of nitrogens with one attached hydrogen (secondary N) is 1. The lowest BCUT2D eigenvalue weighted by atomic mass is 10.4. The zero-order chi connectivity index (χ0) is 15.0. The van der Waals surface area contributed by atoms with Gasteiger partial charge in [-0.15, -0.1) is 11.3 Å². The van der Waals surface area contributed by atoms with Gasteiger partial charge in [0.15, 0.2) is 5.65 Å². The van der Waals surface area contributed by atoms with Crippen molar-refractivity contribution in [3.63, 3.8) is 0 Å². The first-order valence-electron chi connectivity index (χ1n) is 6.36. The minimum atomic E-state index is -0.157. The predicted octanol–water partition coefficient (Wildman–Crippen LogP) is 2.00. The summed E-state index contributed by atoms with van der Waals surface area (Å²) in [6.07, 6.45) is 1.53. The van der Waals surface area contributed by atoms with E-state index in [1.54, 1.807) is 23.1 Å². The maximum Gasteiger partial charge on any atom is 0.262 e. The second-order valence-corrected chi connectivity index (χ2v) is 6.70. The van der Waals surface area contributed by atoms with Gasteiger partial charge in [0, 0.05) is 18.5 Å². The third kappa shape index (κ3) is 2.99. The Balaban J connectivity index is 1.81. The highest BCUT2D eigenvalue weighted by Gasteiger charge is 2.10. The Kier molecular flexibility index (Phi) is 3.79. The van der Waals surface area contributed by atoms with Crippen LogP contribution in [0.5, 0.6) is 0 Å². The van der Waals surface area contributed by atoms with Crippen LogP contribution < -0.4 is 5.56 Å². The van der Waals surface area contributed by atoms with Crippen molar-refractivity contribution in [3.8, 4) is 0 Å². The molecule has 0 saturated heterocycles. The number of hydrogen-bond donors (Lipinski definition) is 1. The van der Waals surface area contributed by atoms with Gasteiger partial charge in [-0.3, -0.25) is 14.4 Å². The summed E-state index contributed by atoms with van der Waals surface area (Å²) in [4.78, 5) is 22.5. The second kappa shape index (κ2) is 5.59. The Morgan fingerprint density at radius 1 is 1.43 bits per heavy atom. The molecular formula is C13H14ClN5OS. The molecule has 3 rings (SSSR count). The lowest BCUT2D eigenvalue weighted by Gasteiger charge is -2.14. The third-order valence-corrected chi connectivity index (χ3v) is 4.34. The third-order valence-electron chi connectivity index (χ3n) is 3.13. The van der Waals surface area contributed by atoms with E-state index in [-0.39, 0.29) is 5.56 Å². The molecule has 0 atom stereocenters. The first kappa shape index (κ1) is 14.2. The molecular weight excluding hydrogens is 310 g/mol. The van der Waals surface area contributed by atoms with Crippen LogP contribution in [0.25, 0.3) is 11.0 Å². The van der Waals surface area contributed by atoms with Gasteiger partial charge in [-0.1, -0.05) is 11.6 Å². The Hall–Kier alpha value is -1.70. The summed E-state index contributed by atoms with van der Waals surface area (Å²) in [6.45, 7) is 1.30. The maximum absolute atomic E-state index is 12.0. The summed E-state index contributed by atoms with van der Waals surface area (Å²) < 4.78 is 2.38. The number of aryl methyl sites for hydroxylation is 1. The number of nitrogens with zero attached hydrogens (tertiary/aromatic N) is 4. The van der Waals surface area contributed by atoms with Crippen LogP contribution in [0.4, 0.5) is 0 Å². The van der Waals surface area contributed by atoms with E-state index in [1.165, 1.54) is 11.1 Å². The lowest BCUT2D eigenvalue weighted by Crippen LogP contribution is -2.21. The van der Waals surface area contributed by atoms with E-state index in [0.717, 1.165) is 10.9 Å². The molecule has 8 heteroatoms. The summed E-state index contributed by atoms with van der Waals surface area (Å²) >= 11 is 7.48. The molecule has 21 heavy (non-hydrogen) atoms. The Morgan fingerprint density at radius 2 is 2.24 bits per heavy atom. The van der Waals surface area contributed by atoms with Gasteiger partial charge in [-0.25, -0.2) is 4.98 Å². The highest BCUT2D eigenvalue weighted by molar-refractivity contribution is 7.16. The van der Waals surface area contributed by atoms with Crippen LogP contribution in [-0.2, 0) is 20.1 Å². The number of thiophene rings is 1. The van der Waals surface area contributed by atoms with Crippen molar-refractivity contribution in [1.82, 2.24) is 24.6 Å². The Labute approximate surface area is 130 Å². The van der Waals surface area contributed by atoms with Crippen molar-refractivity contribution in [3.05, 3.63) is 43.7 Å². The van der Waals surface area contributed by atoms with Gasteiger partial charge in [0.25, 0.3) is 5.56 Å². The molecule has 0 fully saturated rings. The molecule has 3 aromatic rings. The van der Waals surface area contributed by atoms with Gasteiger partial charge in [-0.2, -0.15) is 5.10 Å². The minimum absolute atomic E-state index is 0.157. The Bertz CT molecular complexity index is 837. The number of H-pyrrole nitrogens is 1. The highest BCUT2D eigenvalue weighted by Crippen LogP contribution is 2.22. The lowest BCUT2D eigenvalue weighted by molar-refractivity contribution is 0.313. The average molecular weight is 324 g/mol. The van der Waals surface area contributed by atoms with Crippen LogP contribution in [0.1, 0.15) is 10.7 Å². The fraction of sp³-hybridized carbons (Fsp3) is 0.308. The van der Waals surface area contributed by atoms with Gasteiger partial charge >= 0.3 is 0 Å². The molecule has 6 nitrogen and oxygen atoms in total. The molecule has 0 radical (unpaired) electrons. The predicted molar refractivity (Wildman–Crippen MR) is 83.6 cm³/mol. The van der Waals surface area contributed by atoms with Gasteiger partial charge < -0.3 is 4.98 Å². The fourth-order valence-corrected chi connectivity index (χ4v) is 3.34. The minimum Gasteiger partial charge on any atom is -0.309 e. The van der Waals surface area contributed by atoms with Crippen molar-refractivity contribution in [2.45, 2.75) is 13.1 Å². The van der Waals surface area contributed by atoms with E-state index in [0.29, 0.717) is 23.4 Å². The monoisotopic (exact) mass is 323 g/mol. The fourth-order valence-electron chi connectivity index (χ4n) is 2.17. The van der Waals surface area contributed by atoms with Crippen LogP contribution in [-0.4, -0.2) is 31.7 Å². The molecule has 1 N–H and O–H groups in total. The Morgan fingerprint density at radius 3 is 2.95 bits per heavy atom. The quantitative estimate of drug-likeness (QED) is 0.797. The van der Waals surface area contributed by atoms with Gasteiger partial charge in [0.05, 0.1) is 17.1 Å². The number of aromatic amines is 1. The van der Waals surface area contributed by atoms with E-state index in [9.17, 15) is 4.79 Å². The molecule has 0 spiro atoms. The molecule has 0 aliphatic carbocycles. The molecule has 0 aliphatic rings. The van der Waals surface area contributed by atoms with Crippen LogP contribution >= 0.6 is 22.9 Å². The van der Waals surface area contributed by atoms with Gasteiger partial charge in [0.1, 0.15) is 11.2 Å². The summed E-state index contributed by atoms with van der Waals surface area (Å²) in [5, 5.41) is 4.56. The smallest absolute Gasteiger partial charge is 0.262 e. The summed E-state index contributed by atoms with van der Waals surface area (Å²) in [5.74, 6) is 0.626. The average Bonchev–Trinajstić information content (AvgIpc) is 2.97. The molecule has 3 heterocycles. The molecule has 0 aliphatic heterocycles. The maximum atomic E-state index is 12.0. The first-order valence-corrected chi connectivity index (χ1v) is 7.56. The first-order chi connectivity index (χ1) is 10.0. The van der Waals surface area contributed by atoms with E-state index in [1.807, 2.05) is 19.2 Å². The van der Waals surface area contributed by atoms with E-state index < -0.39 is 0 Å². The number of aromatic nitrogens is 4. The summed E-state index contributed by atoms with van der Waals surface area (Å²) in [6, 6.07) is 3.89. The molecule has 3 aromatic heterocycles. The van der Waals surface area contributed by atoms with Crippen LogP contribution in [0.2, 0.25) is 4.34 Å². The normalized spacial score (nSPS) is 11.6. The number of halogens is 1. The van der Waals surface area contributed by atoms with Crippen LogP contribution in [0.15, 0.2) is 23.1 Å². The van der Waals surface area contributed by atoms with Gasteiger partial charge in [0.2, 0.25) is 0 Å². The van der Waals surface area contributed by atoms with Crippen molar-refractivity contribution in [1.29, 1.82) is 0 Å². The highest BCUT2D eigenvalue weighted by atomic mass is 35.5. The van der Waals surface area contributed by atoms with Crippen LogP contribution in [0, 0.1) is 0 Å². The summed E-state index contributed by atoms with van der Waals surface area (Å²) in [7, 11) is 3.75. The molecule has 0 saturated carbocycles. The molecule has 0 amide bonds. The molecule has 0 aromatic carbocycles. The summed E-state index contributed by atoms with van der Waals surface area (Å²) in [5.41, 5.74) is 0.442. The zero-order valence-corrected chi connectivity index (χ0v) is 13.2. The van der Waals surface area contributed by atoms with Crippen LogP contribution in [0.3, 0.4) is 0 Å². The zero-order valence-electron chi connectivity index (χ0n) is 11.6. The molecule has 110 valence electrons. The van der Waals surface area contributed by atoms with E-state index >= 15 is 0 Å². The van der Waals surface area contributed by atoms with Crippen molar-refractivity contribution in [2.24, 2.45) is 7.05 Å². The second-order valence-electron chi connectivity index (χ2n) is 4.90. The standard InChI is InChI=1S/C13H14ClN5OS/c1-18(6-8-3-4-10(14)21-8)7-11-16-12-9(13(20)17-11)5-15-19(12)2/h3-5H,6-7H2,1-2H3,(H,16,17,20). The van der Waals surface area contributed by atoms with Crippen molar-refractivity contribution >= 4 is 34.0 Å².